The van der Waals surface area contributed by atoms with Crippen molar-refractivity contribution in [1.82, 2.24) is 28.6 Å². The molecule has 43 heavy (non-hydrogen) atoms. The Morgan fingerprint density at radius 2 is 1.88 bits per heavy atom. The monoisotopic (exact) mass is 596 g/mol. The second-order valence-corrected chi connectivity index (χ2v) is 12.7. The number of rotatable bonds is 6. The molecular formula is C32H39F3N6O2. The van der Waals surface area contributed by atoms with Crippen LogP contribution in [0.15, 0.2) is 53.8 Å². The zero-order valence-corrected chi connectivity index (χ0v) is 25.3. The highest BCUT2D eigenvalue weighted by molar-refractivity contribution is 5.58. The summed E-state index contributed by atoms with van der Waals surface area (Å²) in [5, 5.41) is 8.46. The summed E-state index contributed by atoms with van der Waals surface area (Å²) in [6.45, 7) is 7.77. The number of aryl methyl sites for hydroxylation is 1. The number of nitrogens with zero attached hydrogens (tertiary/aromatic N) is 6. The maximum atomic E-state index is 14.4. The summed E-state index contributed by atoms with van der Waals surface area (Å²) in [5.41, 5.74) is -0.112. The van der Waals surface area contributed by atoms with Gasteiger partial charge in [0, 0.05) is 39.1 Å². The SMILES string of the molecule is COC1CC(c2cccc(-n3cc4c(C(F)(F)F)cc(CN5CCC[C@H](C)C(C)C5C)cn4c3=O)c2)(c2nncn2C)C1. The number of hydrogen-bond acceptors (Lipinski definition) is 5. The molecular weight excluding hydrogens is 557 g/mol. The van der Waals surface area contributed by atoms with Crippen molar-refractivity contribution in [3.63, 3.8) is 0 Å². The molecule has 2 unspecified atom stereocenters. The van der Waals surface area contributed by atoms with Crippen LogP contribution in [0.25, 0.3) is 11.2 Å². The zero-order chi connectivity index (χ0) is 30.7. The Kier molecular flexibility index (Phi) is 7.53. The Labute approximate surface area is 249 Å². The van der Waals surface area contributed by atoms with Crippen LogP contribution in [0.2, 0.25) is 0 Å². The van der Waals surface area contributed by atoms with Crippen molar-refractivity contribution in [1.29, 1.82) is 0 Å². The van der Waals surface area contributed by atoms with E-state index in [2.05, 4.69) is 35.9 Å². The quantitative estimate of drug-likeness (QED) is 0.290. The fraction of sp³-hybridized carbons (Fsp3) is 0.531. The maximum absolute atomic E-state index is 14.4. The highest BCUT2D eigenvalue weighted by atomic mass is 19.4. The van der Waals surface area contributed by atoms with E-state index in [0.29, 0.717) is 42.5 Å². The van der Waals surface area contributed by atoms with E-state index in [1.165, 1.54) is 16.8 Å². The van der Waals surface area contributed by atoms with Gasteiger partial charge >= 0.3 is 11.9 Å². The molecule has 1 aromatic carbocycles. The number of likely N-dealkylation sites (tertiary alicyclic amines) is 1. The van der Waals surface area contributed by atoms with Gasteiger partial charge in [-0.05, 0) is 80.3 Å². The molecule has 230 valence electrons. The average Bonchev–Trinajstić information content (AvgIpc) is 3.50. The van der Waals surface area contributed by atoms with E-state index in [1.54, 1.807) is 25.7 Å². The van der Waals surface area contributed by atoms with Gasteiger partial charge < -0.3 is 9.30 Å². The van der Waals surface area contributed by atoms with E-state index < -0.39 is 22.8 Å². The molecule has 2 fully saturated rings. The van der Waals surface area contributed by atoms with Crippen molar-refractivity contribution in [2.24, 2.45) is 18.9 Å². The van der Waals surface area contributed by atoms with Crippen molar-refractivity contribution >= 4 is 5.52 Å². The van der Waals surface area contributed by atoms with Crippen molar-refractivity contribution < 1.29 is 17.9 Å². The Morgan fingerprint density at radius 1 is 1.12 bits per heavy atom. The molecule has 0 N–H and O–H groups in total. The Morgan fingerprint density at radius 3 is 2.56 bits per heavy atom. The summed E-state index contributed by atoms with van der Waals surface area (Å²) >= 11 is 0. The first kappa shape index (κ1) is 29.6. The normalized spacial score (nSPS) is 26.9. The summed E-state index contributed by atoms with van der Waals surface area (Å²) in [5.74, 6) is 1.75. The van der Waals surface area contributed by atoms with Crippen molar-refractivity contribution in [3.8, 4) is 5.69 Å². The molecule has 3 aromatic heterocycles. The number of pyridine rings is 1. The molecule has 1 saturated carbocycles. The lowest BCUT2D eigenvalue weighted by molar-refractivity contribution is -0.136. The third-order valence-corrected chi connectivity index (χ3v) is 10.2. The molecule has 3 atom stereocenters. The number of halogens is 3. The largest absolute Gasteiger partial charge is 0.418 e. The first-order valence-electron chi connectivity index (χ1n) is 15.0. The lowest BCUT2D eigenvalue weighted by atomic mass is 9.62. The van der Waals surface area contributed by atoms with Crippen LogP contribution in [-0.2, 0) is 29.9 Å². The van der Waals surface area contributed by atoms with Gasteiger partial charge in [-0.2, -0.15) is 13.2 Å². The second kappa shape index (κ2) is 10.9. The van der Waals surface area contributed by atoms with Gasteiger partial charge in [0.1, 0.15) is 12.2 Å². The molecule has 4 heterocycles. The first-order valence-corrected chi connectivity index (χ1v) is 15.0. The van der Waals surface area contributed by atoms with Gasteiger partial charge in [0.25, 0.3) is 0 Å². The molecule has 11 heteroatoms. The van der Waals surface area contributed by atoms with Crippen LogP contribution in [-0.4, -0.2) is 54.4 Å². The first-order chi connectivity index (χ1) is 20.4. The van der Waals surface area contributed by atoms with Gasteiger partial charge in [-0.1, -0.05) is 26.0 Å². The maximum Gasteiger partial charge on any atom is 0.418 e. The zero-order valence-electron chi connectivity index (χ0n) is 25.3. The van der Waals surface area contributed by atoms with Crippen molar-refractivity contribution in [2.75, 3.05) is 13.7 Å². The lowest BCUT2D eigenvalue weighted by Gasteiger charge is -2.46. The van der Waals surface area contributed by atoms with Gasteiger partial charge in [-0.25, -0.2) is 4.79 Å². The van der Waals surface area contributed by atoms with Gasteiger partial charge in [0.05, 0.1) is 28.3 Å². The average molecular weight is 597 g/mol. The molecule has 8 nitrogen and oxygen atoms in total. The Hall–Kier alpha value is -3.44. The molecule has 0 bridgehead atoms. The Balaban J connectivity index is 1.42. The minimum Gasteiger partial charge on any atom is -0.381 e. The molecule has 2 aliphatic rings. The number of ether oxygens (including phenoxy) is 1. The predicted molar refractivity (Wildman–Crippen MR) is 157 cm³/mol. The van der Waals surface area contributed by atoms with Gasteiger partial charge in [-0.15, -0.1) is 10.2 Å². The van der Waals surface area contributed by atoms with Crippen LogP contribution in [0, 0.1) is 11.8 Å². The second-order valence-electron chi connectivity index (χ2n) is 12.7. The Bertz CT molecular complexity index is 1680. The third kappa shape index (κ3) is 5.10. The fourth-order valence-corrected chi connectivity index (χ4v) is 7.19. The van der Waals surface area contributed by atoms with Gasteiger partial charge in [-0.3, -0.25) is 13.9 Å². The number of imidazole rings is 1. The molecule has 1 aliphatic heterocycles. The molecule has 1 aliphatic carbocycles. The van der Waals surface area contributed by atoms with Crippen LogP contribution >= 0.6 is 0 Å². The fourth-order valence-electron chi connectivity index (χ4n) is 7.19. The summed E-state index contributed by atoms with van der Waals surface area (Å²) < 4.78 is 53.3. The van der Waals surface area contributed by atoms with Crippen LogP contribution in [0.5, 0.6) is 0 Å². The van der Waals surface area contributed by atoms with Crippen LogP contribution in [0.1, 0.15) is 69.0 Å². The van der Waals surface area contributed by atoms with Crippen molar-refractivity contribution in [2.45, 2.75) is 76.7 Å². The summed E-state index contributed by atoms with van der Waals surface area (Å²) in [4.78, 5) is 16.0. The van der Waals surface area contributed by atoms with E-state index in [9.17, 15) is 18.0 Å². The number of benzene rings is 1. The number of fused-ring (bicyclic) bond motifs is 1. The highest BCUT2D eigenvalue weighted by Gasteiger charge is 2.50. The summed E-state index contributed by atoms with van der Waals surface area (Å²) in [6.07, 6.45) is 3.42. The minimum absolute atomic E-state index is 0.0473. The number of hydrogen-bond donors (Lipinski definition) is 0. The molecule has 4 aromatic rings. The number of alkyl halides is 3. The number of methoxy groups -OCH3 is 1. The van der Waals surface area contributed by atoms with E-state index in [4.69, 9.17) is 4.74 Å². The van der Waals surface area contributed by atoms with Crippen LogP contribution in [0.4, 0.5) is 13.2 Å². The van der Waals surface area contributed by atoms with Gasteiger partial charge in [0.2, 0.25) is 0 Å². The van der Waals surface area contributed by atoms with E-state index in [0.717, 1.165) is 35.2 Å². The standard InChI is InChI=1S/C32H39F3N6O2/c1-20-8-7-11-39(22(3)21(20)2)16-23-12-27(32(33,34)35)28-18-40(30(42)41(28)17-23)25-10-6-9-24(13-25)31(14-26(15-31)43-5)29-37-36-19-38(29)4/h6,9-10,12-13,17-22,26H,7-8,11,14-16H2,1-5H3/t20-,21?,22?,26?,31?/m0/s1. The summed E-state index contributed by atoms with van der Waals surface area (Å²) in [6, 6.07) is 8.85. The third-order valence-electron chi connectivity index (χ3n) is 10.2. The van der Waals surface area contributed by atoms with E-state index in [1.807, 2.05) is 29.8 Å². The van der Waals surface area contributed by atoms with Crippen LogP contribution in [0.3, 0.4) is 0 Å². The van der Waals surface area contributed by atoms with E-state index in [-0.39, 0.29) is 17.7 Å². The smallest absolute Gasteiger partial charge is 0.381 e. The van der Waals surface area contributed by atoms with Gasteiger partial charge in [0.15, 0.2) is 0 Å². The topological polar surface area (TPSA) is 69.6 Å². The highest BCUT2D eigenvalue weighted by Crippen LogP contribution is 2.49. The predicted octanol–water partition coefficient (Wildman–Crippen LogP) is 5.59. The lowest BCUT2D eigenvalue weighted by Crippen LogP contribution is -2.48. The minimum atomic E-state index is -4.62. The molecule has 0 amide bonds. The summed E-state index contributed by atoms with van der Waals surface area (Å²) in [7, 11) is 3.56. The molecule has 0 radical (unpaired) electrons. The number of aromatic nitrogens is 5. The van der Waals surface area contributed by atoms with Crippen LogP contribution < -0.4 is 5.69 Å². The van der Waals surface area contributed by atoms with E-state index >= 15 is 0 Å². The molecule has 6 rings (SSSR count). The molecule has 0 spiro atoms. The van der Waals surface area contributed by atoms with Crippen molar-refractivity contribution in [3.05, 3.63) is 82.1 Å². The molecule has 1 saturated heterocycles.